The van der Waals surface area contributed by atoms with E-state index in [1.54, 1.807) is 0 Å². The summed E-state index contributed by atoms with van der Waals surface area (Å²) in [6, 6.07) is 2.05. The van der Waals surface area contributed by atoms with Crippen LogP contribution in [0.25, 0.3) is 17.7 Å². The molecule has 0 spiro atoms. The van der Waals surface area contributed by atoms with Crippen molar-refractivity contribution in [1.82, 2.24) is 4.98 Å². The van der Waals surface area contributed by atoms with E-state index in [-0.39, 0.29) is 0 Å². The number of pyridine rings is 1. The van der Waals surface area contributed by atoms with Crippen molar-refractivity contribution in [3.8, 4) is 0 Å². The predicted octanol–water partition coefficient (Wildman–Crippen LogP) is 1.96. The maximum atomic E-state index is 4.20. The van der Waals surface area contributed by atoms with Crippen molar-refractivity contribution in [3.05, 3.63) is 35.2 Å². The van der Waals surface area contributed by atoms with Crippen molar-refractivity contribution in [2.45, 2.75) is 0 Å². The highest BCUT2D eigenvalue weighted by Crippen LogP contribution is 2.39. The molecule has 2 aliphatic rings. The Morgan fingerprint density at radius 1 is 1.20 bits per heavy atom. The molecule has 0 atom stereocenters. The fourth-order valence-electron chi connectivity index (χ4n) is 1.51. The molecule has 10 heavy (non-hydrogen) atoms. The smallest absolute Gasteiger partial charge is 0.0720 e. The van der Waals surface area contributed by atoms with Crippen molar-refractivity contribution >= 4 is 17.7 Å². The van der Waals surface area contributed by atoms with Gasteiger partial charge in [0, 0.05) is 11.8 Å². The molecule has 1 heteroatoms. The Hall–Kier alpha value is -1.37. The first-order chi connectivity index (χ1) is 4.95. The van der Waals surface area contributed by atoms with Crippen LogP contribution in [0.5, 0.6) is 0 Å². The van der Waals surface area contributed by atoms with E-state index in [1.165, 1.54) is 16.7 Å². The van der Waals surface area contributed by atoms with Gasteiger partial charge in [0.15, 0.2) is 0 Å². The van der Waals surface area contributed by atoms with Crippen LogP contribution in [0.15, 0.2) is 18.3 Å². The highest BCUT2D eigenvalue weighted by Gasteiger charge is 2.21. The van der Waals surface area contributed by atoms with Crippen LogP contribution in [0, 0.1) is 0 Å². The van der Waals surface area contributed by atoms with Gasteiger partial charge in [0.25, 0.3) is 0 Å². The zero-order valence-corrected chi connectivity index (χ0v) is 5.33. The van der Waals surface area contributed by atoms with E-state index >= 15 is 0 Å². The zero-order valence-electron chi connectivity index (χ0n) is 5.33. The summed E-state index contributed by atoms with van der Waals surface area (Å²) in [6.07, 6.45) is 8.25. The van der Waals surface area contributed by atoms with Gasteiger partial charge in [-0.3, -0.25) is 4.98 Å². The largest absolute Gasteiger partial charge is 0.256 e. The Morgan fingerprint density at radius 2 is 2.20 bits per heavy atom. The molecule has 0 saturated heterocycles. The summed E-state index contributed by atoms with van der Waals surface area (Å²) in [4.78, 5) is 4.20. The lowest BCUT2D eigenvalue weighted by molar-refractivity contribution is 1.26. The number of hydrogen-bond acceptors (Lipinski definition) is 1. The summed E-state index contributed by atoms with van der Waals surface area (Å²) >= 11 is 0. The zero-order chi connectivity index (χ0) is 6.55. The molecular weight excluding hydrogens is 122 g/mol. The number of rotatable bonds is 0. The Labute approximate surface area is 58.7 Å². The van der Waals surface area contributed by atoms with Crippen molar-refractivity contribution in [3.63, 3.8) is 0 Å². The minimum Gasteiger partial charge on any atom is -0.256 e. The first-order valence-electron chi connectivity index (χ1n) is 3.34. The van der Waals surface area contributed by atoms with E-state index < -0.39 is 0 Å². The average Bonchev–Trinajstić information content (AvgIpc) is 2.25. The fourth-order valence-corrected chi connectivity index (χ4v) is 1.51. The molecule has 1 aromatic rings. The first-order valence-corrected chi connectivity index (χ1v) is 3.34. The molecular formula is C9H5N. The van der Waals surface area contributed by atoms with Crippen LogP contribution in [0.2, 0.25) is 0 Å². The summed E-state index contributed by atoms with van der Waals surface area (Å²) < 4.78 is 0. The lowest BCUT2D eigenvalue weighted by Crippen LogP contribution is -1.98. The number of allylic oxidation sites excluding steroid dienone is 2. The van der Waals surface area contributed by atoms with Crippen LogP contribution in [0.1, 0.15) is 16.8 Å². The van der Waals surface area contributed by atoms with E-state index in [4.69, 9.17) is 0 Å². The quantitative estimate of drug-likeness (QED) is 0.519. The molecule has 1 aromatic heterocycles. The Morgan fingerprint density at radius 3 is 3.10 bits per heavy atom. The molecule has 0 bridgehead atoms. The molecule has 0 saturated carbocycles. The Kier molecular flexibility index (Phi) is 0.539. The maximum Gasteiger partial charge on any atom is 0.0720 e. The minimum absolute atomic E-state index is 1.15. The normalized spacial score (nSPS) is 16.2. The topological polar surface area (TPSA) is 12.9 Å². The van der Waals surface area contributed by atoms with Crippen LogP contribution < -0.4 is 0 Å². The van der Waals surface area contributed by atoms with E-state index in [2.05, 4.69) is 29.3 Å². The van der Waals surface area contributed by atoms with Crippen LogP contribution >= 0.6 is 0 Å². The third-order valence-corrected chi connectivity index (χ3v) is 2.04. The van der Waals surface area contributed by atoms with E-state index in [9.17, 15) is 0 Å². The monoisotopic (exact) mass is 127 g/mol. The molecule has 1 heterocycles. The van der Waals surface area contributed by atoms with Gasteiger partial charge in [-0.15, -0.1) is 0 Å². The second-order valence-electron chi connectivity index (χ2n) is 2.59. The number of aromatic nitrogens is 1. The lowest BCUT2D eigenvalue weighted by atomic mass is 9.94. The minimum atomic E-state index is 1.15. The van der Waals surface area contributed by atoms with Gasteiger partial charge in [-0.1, -0.05) is 12.2 Å². The molecule has 0 aliphatic heterocycles. The second kappa shape index (κ2) is 1.21. The highest BCUT2D eigenvalue weighted by atomic mass is 14.7. The summed E-state index contributed by atoms with van der Waals surface area (Å²) in [5, 5.41) is 0. The van der Waals surface area contributed by atoms with Crippen LogP contribution in [0.4, 0.5) is 0 Å². The SMILES string of the molecule is C1=Cc2ccnc3c2C1=C3. The van der Waals surface area contributed by atoms with Gasteiger partial charge in [0.2, 0.25) is 0 Å². The molecule has 0 radical (unpaired) electrons. The van der Waals surface area contributed by atoms with Crippen LogP contribution in [0.3, 0.4) is 0 Å². The fraction of sp³-hybridized carbons (Fsp3) is 0. The maximum absolute atomic E-state index is 4.20. The van der Waals surface area contributed by atoms with Gasteiger partial charge in [0.1, 0.15) is 0 Å². The molecule has 0 amide bonds. The lowest BCUT2D eigenvalue weighted by Gasteiger charge is -2.12. The van der Waals surface area contributed by atoms with Crippen molar-refractivity contribution < 1.29 is 0 Å². The molecule has 0 N–H and O–H groups in total. The number of hydrogen-bond donors (Lipinski definition) is 0. The average molecular weight is 127 g/mol. The summed E-state index contributed by atoms with van der Waals surface area (Å²) in [5.74, 6) is 0. The van der Waals surface area contributed by atoms with Crippen molar-refractivity contribution in [2.24, 2.45) is 0 Å². The van der Waals surface area contributed by atoms with E-state index in [0.717, 1.165) is 5.69 Å². The van der Waals surface area contributed by atoms with Crippen LogP contribution in [-0.2, 0) is 0 Å². The summed E-state index contributed by atoms with van der Waals surface area (Å²) in [5.41, 5.74) is 5.17. The van der Waals surface area contributed by atoms with Crippen LogP contribution in [-0.4, -0.2) is 4.98 Å². The Balaban J connectivity index is 2.50. The van der Waals surface area contributed by atoms with Gasteiger partial charge in [0.05, 0.1) is 5.69 Å². The Bertz CT molecular complexity index is 372. The predicted molar refractivity (Wildman–Crippen MR) is 41.1 cm³/mol. The highest BCUT2D eigenvalue weighted by molar-refractivity contribution is 6.07. The summed E-state index contributed by atoms with van der Waals surface area (Å²) in [6.45, 7) is 0. The summed E-state index contributed by atoms with van der Waals surface area (Å²) in [7, 11) is 0. The molecule has 46 valence electrons. The number of nitrogens with zero attached hydrogens (tertiary/aromatic N) is 1. The van der Waals surface area contributed by atoms with E-state index in [1.807, 2.05) is 6.20 Å². The first kappa shape index (κ1) is 4.45. The van der Waals surface area contributed by atoms with Gasteiger partial charge in [-0.05, 0) is 23.3 Å². The third-order valence-electron chi connectivity index (χ3n) is 2.04. The van der Waals surface area contributed by atoms with Gasteiger partial charge < -0.3 is 0 Å². The van der Waals surface area contributed by atoms with Crippen molar-refractivity contribution in [2.75, 3.05) is 0 Å². The van der Waals surface area contributed by atoms with Gasteiger partial charge in [-0.2, -0.15) is 0 Å². The van der Waals surface area contributed by atoms with Gasteiger partial charge in [-0.25, -0.2) is 0 Å². The molecule has 3 rings (SSSR count). The molecule has 0 aromatic carbocycles. The molecule has 1 nitrogen and oxygen atoms in total. The second-order valence-corrected chi connectivity index (χ2v) is 2.59. The standard InChI is InChI=1S/C9H5N/c1-2-7-5-8-9(7)6(1)3-4-10-8/h1-5H. The third kappa shape index (κ3) is 0.320. The molecule has 0 fully saturated rings. The van der Waals surface area contributed by atoms with Crippen molar-refractivity contribution in [1.29, 1.82) is 0 Å². The molecule has 2 aliphatic carbocycles. The molecule has 0 unspecified atom stereocenters. The van der Waals surface area contributed by atoms with E-state index in [0.29, 0.717) is 0 Å². The van der Waals surface area contributed by atoms with Gasteiger partial charge >= 0.3 is 0 Å².